The number of nitrogens with zero attached hydrogens (tertiary/aromatic N) is 1. The molecule has 0 saturated carbocycles. The van der Waals surface area contributed by atoms with Crippen molar-refractivity contribution in [2.24, 2.45) is 0 Å². The van der Waals surface area contributed by atoms with Crippen LogP contribution in [0.5, 0.6) is 0 Å². The maximum absolute atomic E-state index is 12.8. The fourth-order valence-corrected chi connectivity index (χ4v) is 1.44. The zero-order valence-electron chi connectivity index (χ0n) is 6.51. The lowest BCUT2D eigenvalue weighted by molar-refractivity contribution is -0.389. The van der Waals surface area contributed by atoms with Crippen LogP contribution in [-0.2, 0) is 0 Å². The molecule has 0 aliphatic carbocycles. The Morgan fingerprint density at radius 3 is 2.36 bits per heavy atom. The molecular formula is C7H3BrF3NO2. The molecule has 76 valence electrons. The number of nitro groups is 1. The molecule has 0 amide bonds. The van der Waals surface area contributed by atoms with Crippen LogP contribution in [0, 0.1) is 15.9 Å². The van der Waals surface area contributed by atoms with Crippen LogP contribution in [0.2, 0.25) is 0 Å². The van der Waals surface area contributed by atoms with E-state index in [-0.39, 0.29) is 4.47 Å². The minimum atomic E-state index is -3.10. The highest BCUT2D eigenvalue weighted by Gasteiger charge is 2.28. The molecule has 0 aliphatic heterocycles. The van der Waals surface area contributed by atoms with Crippen LogP contribution in [0.15, 0.2) is 16.6 Å². The standard InChI is InChI=1S/C7H3BrF3NO2/c8-3-1-2-4(9)6(12(13)14)5(3)7(10)11/h1-2,7H. The number of halogens is 4. The number of alkyl halides is 2. The van der Waals surface area contributed by atoms with Gasteiger partial charge in [-0.1, -0.05) is 15.9 Å². The zero-order chi connectivity index (χ0) is 10.9. The van der Waals surface area contributed by atoms with Crippen LogP contribution >= 0.6 is 15.9 Å². The third-order valence-corrected chi connectivity index (χ3v) is 2.21. The summed E-state index contributed by atoms with van der Waals surface area (Å²) >= 11 is 2.70. The molecule has 0 heterocycles. The average molecular weight is 270 g/mol. The first kappa shape index (κ1) is 11.0. The van der Waals surface area contributed by atoms with Gasteiger partial charge in [0.1, 0.15) is 5.56 Å². The summed E-state index contributed by atoms with van der Waals surface area (Å²) in [5.41, 5.74) is -2.12. The van der Waals surface area contributed by atoms with Crippen molar-refractivity contribution in [3.05, 3.63) is 38.1 Å². The summed E-state index contributed by atoms with van der Waals surface area (Å²) < 4.78 is 37.3. The van der Waals surface area contributed by atoms with Gasteiger partial charge in [0.15, 0.2) is 0 Å². The van der Waals surface area contributed by atoms with Gasteiger partial charge in [0.05, 0.1) is 4.92 Å². The van der Waals surface area contributed by atoms with Crippen molar-refractivity contribution < 1.29 is 18.1 Å². The number of rotatable bonds is 2. The summed E-state index contributed by atoms with van der Waals surface area (Å²) in [4.78, 5) is 9.15. The minimum Gasteiger partial charge on any atom is -0.258 e. The van der Waals surface area contributed by atoms with Crippen LogP contribution in [0.4, 0.5) is 18.9 Å². The summed E-state index contributed by atoms with van der Waals surface area (Å²) in [7, 11) is 0. The number of nitro benzene ring substituents is 1. The third kappa shape index (κ3) is 1.87. The van der Waals surface area contributed by atoms with Crippen molar-refractivity contribution in [2.75, 3.05) is 0 Å². The maximum Gasteiger partial charge on any atom is 0.314 e. The van der Waals surface area contributed by atoms with Gasteiger partial charge in [-0.3, -0.25) is 10.1 Å². The molecular weight excluding hydrogens is 267 g/mol. The van der Waals surface area contributed by atoms with Gasteiger partial charge < -0.3 is 0 Å². The van der Waals surface area contributed by atoms with E-state index in [1.807, 2.05) is 0 Å². The van der Waals surface area contributed by atoms with Crippen molar-refractivity contribution >= 4 is 21.6 Å². The van der Waals surface area contributed by atoms with Gasteiger partial charge >= 0.3 is 5.69 Å². The zero-order valence-corrected chi connectivity index (χ0v) is 8.09. The Bertz CT molecular complexity index is 383. The van der Waals surface area contributed by atoms with Crippen molar-refractivity contribution in [3.8, 4) is 0 Å². The lowest BCUT2D eigenvalue weighted by atomic mass is 10.2. The average Bonchev–Trinajstić information content (AvgIpc) is 2.07. The first-order valence-corrected chi connectivity index (χ1v) is 4.15. The van der Waals surface area contributed by atoms with Crippen molar-refractivity contribution in [2.45, 2.75) is 6.43 Å². The van der Waals surface area contributed by atoms with E-state index in [0.717, 1.165) is 12.1 Å². The Balaban J connectivity index is 3.50. The van der Waals surface area contributed by atoms with E-state index in [2.05, 4.69) is 15.9 Å². The second-order valence-electron chi connectivity index (χ2n) is 2.35. The van der Waals surface area contributed by atoms with E-state index < -0.39 is 28.4 Å². The topological polar surface area (TPSA) is 43.1 Å². The molecule has 0 spiro atoms. The molecule has 0 N–H and O–H groups in total. The normalized spacial score (nSPS) is 10.6. The summed E-state index contributed by atoms with van der Waals surface area (Å²) in [6, 6.07) is 1.76. The molecule has 0 saturated heterocycles. The van der Waals surface area contributed by atoms with Crippen LogP contribution < -0.4 is 0 Å². The molecule has 0 bridgehead atoms. The van der Waals surface area contributed by atoms with Crippen molar-refractivity contribution in [1.82, 2.24) is 0 Å². The predicted molar refractivity (Wildman–Crippen MR) is 45.7 cm³/mol. The number of hydrogen-bond donors (Lipinski definition) is 0. The maximum atomic E-state index is 12.8. The molecule has 0 aromatic heterocycles. The number of benzene rings is 1. The first-order chi connectivity index (χ1) is 6.45. The van der Waals surface area contributed by atoms with E-state index in [9.17, 15) is 23.3 Å². The van der Waals surface area contributed by atoms with Gasteiger partial charge in [-0.15, -0.1) is 0 Å². The second-order valence-corrected chi connectivity index (χ2v) is 3.20. The molecule has 14 heavy (non-hydrogen) atoms. The second kappa shape index (κ2) is 3.95. The molecule has 1 rings (SSSR count). The summed E-state index contributed by atoms with van der Waals surface area (Å²) in [6.45, 7) is 0. The Kier molecular flexibility index (Phi) is 3.10. The van der Waals surface area contributed by atoms with Gasteiger partial charge in [-0.05, 0) is 12.1 Å². The van der Waals surface area contributed by atoms with Crippen molar-refractivity contribution in [1.29, 1.82) is 0 Å². The number of hydrogen-bond acceptors (Lipinski definition) is 2. The molecule has 1 aromatic carbocycles. The van der Waals surface area contributed by atoms with E-state index in [1.165, 1.54) is 0 Å². The lowest BCUT2D eigenvalue weighted by Gasteiger charge is -2.04. The fraction of sp³-hybridized carbons (Fsp3) is 0.143. The third-order valence-electron chi connectivity index (χ3n) is 1.52. The highest BCUT2D eigenvalue weighted by molar-refractivity contribution is 9.10. The minimum absolute atomic E-state index is 0.180. The molecule has 0 radical (unpaired) electrons. The molecule has 1 aromatic rings. The molecule has 0 aliphatic rings. The van der Waals surface area contributed by atoms with Gasteiger partial charge in [0.25, 0.3) is 6.43 Å². The quantitative estimate of drug-likeness (QED) is 0.610. The van der Waals surface area contributed by atoms with Gasteiger partial charge in [-0.2, -0.15) is 4.39 Å². The fourth-order valence-electron chi connectivity index (χ4n) is 0.950. The van der Waals surface area contributed by atoms with Gasteiger partial charge in [-0.25, -0.2) is 8.78 Å². The Morgan fingerprint density at radius 2 is 2.00 bits per heavy atom. The Morgan fingerprint density at radius 1 is 1.43 bits per heavy atom. The van der Waals surface area contributed by atoms with Gasteiger partial charge in [0.2, 0.25) is 5.82 Å². The monoisotopic (exact) mass is 269 g/mol. The first-order valence-electron chi connectivity index (χ1n) is 3.35. The van der Waals surface area contributed by atoms with E-state index in [4.69, 9.17) is 0 Å². The smallest absolute Gasteiger partial charge is 0.258 e. The molecule has 0 unspecified atom stereocenters. The predicted octanol–water partition coefficient (Wildman–Crippen LogP) is 3.43. The Labute approximate surface area is 84.8 Å². The SMILES string of the molecule is O=[N+]([O-])c1c(F)ccc(Br)c1C(F)F. The highest BCUT2D eigenvalue weighted by atomic mass is 79.9. The van der Waals surface area contributed by atoms with Gasteiger partial charge in [0, 0.05) is 4.47 Å². The van der Waals surface area contributed by atoms with E-state index in [0.29, 0.717) is 0 Å². The van der Waals surface area contributed by atoms with Crippen molar-refractivity contribution in [3.63, 3.8) is 0 Å². The summed E-state index contributed by atoms with van der Waals surface area (Å²) in [5.74, 6) is -1.27. The van der Waals surface area contributed by atoms with E-state index in [1.54, 1.807) is 0 Å². The molecule has 3 nitrogen and oxygen atoms in total. The molecule has 0 atom stereocenters. The lowest BCUT2D eigenvalue weighted by Crippen LogP contribution is -2.00. The highest BCUT2D eigenvalue weighted by Crippen LogP contribution is 2.36. The molecule has 0 fully saturated rings. The summed E-state index contributed by atoms with van der Waals surface area (Å²) in [6.07, 6.45) is -3.10. The van der Waals surface area contributed by atoms with Crippen LogP contribution in [0.3, 0.4) is 0 Å². The summed E-state index contributed by atoms with van der Waals surface area (Å²) in [5, 5.41) is 10.3. The van der Waals surface area contributed by atoms with E-state index >= 15 is 0 Å². The largest absolute Gasteiger partial charge is 0.314 e. The van der Waals surface area contributed by atoms with Crippen LogP contribution in [0.1, 0.15) is 12.0 Å². The van der Waals surface area contributed by atoms with Crippen LogP contribution in [-0.4, -0.2) is 4.92 Å². The van der Waals surface area contributed by atoms with Crippen LogP contribution in [0.25, 0.3) is 0 Å². The Hall–Kier alpha value is -1.11. The molecule has 7 heteroatoms.